The predicted molar refractivity (Wildman–Crippen MR) is 144 cm³/mol. The molecule has 3 amide bonds. The molecule has 1 aliphatic rings. The van der Waals surface area contributed by atoms with Crippen LogP contribution in [-0.4, -0.2) is 36.0 Å². The van der Waals surface area contributed by atoms with Crippen molar-refractivity contribution in [2.45, 2.75) is 0 Å². The van der Waals surface area contributed by atoms with E-state index in [1.165, 1.54) is 54.5 Å². The first kappa shape index (κ1) is 26.2. The lowest BCUT2D eigenvalue weighted by Gasteiger charge is -2.16. The first-order valence-electron chi connectivity index (χ1n) is 10.6. The predicted octanol–water partition coefficient (Wildman–Crippen LogP) is 5.58. The van der Waals surface area contributed by atoms with Gasteiger partial charge in [0.25, 0.3) is 17.7 Å². The molecule has 8 nitrogen and oxygen atoms in total. The molecule has 37 heavy (non-hydrogen) atoms. The van der Waals surface area contributed by atoms with Gasteiger partial charge in [-0.15, -0.1) is 0 Å². The highest BCUT2D eigenvalue weighted by Gasteiger charge is 2.36. The van der Waals surface area contributed by atoms with Gasteiger partial charge in [-0.25, -0.2) is 4.79 Å². The highest BCUT2D eigenvalue weighted by atomic mass is 35.5. The second-order valence-corrected chi connectivity index (χ2v) is 9.32. The van der Waals surface area contributed by atoms with E-state index in [2.05, 4.69) is 15.0 Å². The third kappa shape index (κ3) is 6.08. The number of anilines is 2. The standard InChI is InChI=1S/C26H17Cl2N3O5S/c1-36-22(32)14-21-25(35)31(26(37-21)30-24(34)19-12-9-16(27)13-20(19)28)18-10-7-15(8-11-18)23(33)29-17-5-3-2-4-6-17/h2-14H,1H3,(H,29,33). The van der Waals surface area contributed by atoms with Gasteiger partial charge < -0.3 is 10.1 Å². The molecule has 0 aliphatic carbocycles. The van der Waals surface area contributed by atoms with Gasteiger partial charge in [-0.05, 0) is 66.4 Å². The topological polar surface area (TPSA) is 105 Å². The van der Waals surface area contributed by atoms with Gasteiger partial charge in [0, 0.05) is 22.3 Å². The van der Waals surface area contributed by atoms with Crippen LogP contribution in [0.2, 0.25) is 10.0 Å². The molecule has 0 saturated carbocycles. The first-order chi connectivity index (χ1) is 17.8. The van der Waals surface area contributed by atoms with Crippen molar-refractivity contribution in [3.05, 3.63) is 105 Å². The minimum atomic E-state index is -0.739. The molecule has 3 aromatic rings. The molecule has 0 radical (unpaired) electrons. The Labute approximate surface area is 225 Å². The smallest absolute Gasteiger partial charge is 0.331 e. The van der Waals surface area contributed by atoms with Crippen LogP contribution in [0, 0.1) is 0 Å². The van der Waals surface area contributed by atoms with Crippen molar-refractivity contribution in [1.29, 1.82) is 0 Å². The summed E-state index contributed by atoms with van der Waals surface area (Å²) in [4.78, 5) is 55.7. The van der Waals surface area contributed by atoms with Gasteiger partial charge in [-0.3, -0.25) is 19.3 Å². The number of ether oxygens (including phenoxy) is 1. The Kier molecular flexibility index (Phi) is 8.08. The summed E-state index contributed by atoms with van der Waals surface area (Å²) in [5, 5.41) is 3.22. The monoisotopic (exact) mass is 553 g/mol. The van der Waals surface area contributed by atoms with Gasteiger partial charge in [0.2, 0.25) is 0 Å². The molecule has 0 aromatic heterocycles. The molecule has 11 heteroatoms. The summed E-state index contributed by atoms with van der Waals surface area (Å²) in [6.45, 7) is 0. The van der Waals surface area contributed by atoms with Crippen LogP contribution in [-0.2, 0) is 14.3 Å². The van der Waals surface area contributed by atoms with Gasteiger partial charge in [0.15, 0.2) is 5.17 Å². The fraction of sp³-hybridized carbons (Fsp3) is 0.0385. The summed E-state index contributed by atoms with van der Waals surface area (Å²) in [5.74, 6) is -2.38. The molecular weight excluding hydrogens is 537 g/mol. The summed E-state index contributed by atoms with van der Waals surface area (Å²) in [6, 6.07) is 19.4. The molecule has 1 heterocycles. The average Bonchev–Trinajstić information content (AvgIpc) is 3.18. The SMILES string of the molecule is COC(=O)C=C1SC(=NC(=O)c2ccc(Cl)cc2Cl)N(c2ccc(C(=O)Nc3ccccc3)cc2)C1=O. The number of hydrogen-bond donors (Lipinski definition) is 1. The molecule has 186 valence electrons. The number of nitrogens with one attached hydrogen (secondary N) is 1. The lowest BCUT2D eigenvalue weighted by molar-refractivity contribution is -0.135. The van der Waals surface area contributed by atoms with Crippen LogP contribution < -0.4 is 10.2 Å². The minimum absolute atomic E-state index is 0.00217. The molecule has 0 atom stereocenters. The number of amidine groups is 1. The van der Waals surface area contributed by atoms with E-state index in [-0.39, 0.29) is 26.6 Å². The number of rotatable bonds is 5. The maximum Gasteiger partial charge on any atom is 0.331 e. The Morgan fingerprint density at radius 1 is 1.00 bits per heavy atom. The zero-order valence-corrected chi connectivity index (χ0v) is 21.4. The van der Waals surface area contributed by atoms with Crippen LogP contribution in [0.5, 0.6) is 0 Å². The zero-order chi connectivity index (χ0) is 26.5. The van der Waals surface area contributed by atoms with E-state index < -0.39 is 17.8 Å². The Hall–Kier alpha value is -3.92. The number of amides is 3. The summed E-state index contributed by atoms with van der Waals surface area (Å²) < 4.78 is 4.62. The number of thioether (sulfide) groups is 1. The lowest BCUT2D eigenvalue weighted by atomic mass is 10.1. The first-order valence-corrected chi connectivity index (χ1v) is 12.2. The Bertz CT molecular complexity index is 1460. The number of halogens is 2. The van der Waals surface area contributed by atoms with Crippen molar-refractivity contribution < 1.29 is 23.9 Å². The molecule has 1 fully saturated rings. The third-order valence-electron chi connectivity index (χ3n) is 5.03. The quantitative estimate of drug-likeness (QED) is 0.326. The van der Waals surface area contributed by atoms with Gasteiger partial charge in [-0.2, -0.15) is 4.99 Å². The van der Waals surface area contributed by atoms with Gasteiger partial charge in [-0.1, -0.05) is 41.4 Å². The summed E-state index contributed by atoms with van der Waals surface area (Å²) in [5.41, 5.74) is 1.40. The lowest BCUT2D eigenvalue weighted by Crippen LogP contribution is -2.29. The van der Waals surface area contributed by atoms with Crippen LogP contribution >= 0.6 is 35.0 Å². The summed E-state index contributed by atoms with van der Waals surface area (Å²) in [6.07, 6.45) is 1.02. The molecular formula is C26H17Cl2N3O5S. The minimum Gasteiger partial charge on any atom is -0.466 e. The number of carbonyl (C=O) groups is 4. The highest BCUT2D eigenvalue weighted by Crippen LogP contribution is 2.35. The van der Waals surface area contributed by atoms with E-state index in [9.17, 15) is 19.2 Å². The van der Waals surface area contributed by atoms with E-state index in [0.717, 1.165) is 17.8 Å². The van der Waals surface area contributed by atoms with Crippen molar-refractivity contribution >= 4 is 75.2 Å². The molecule has 1 saturated heterocycles. The Balaban J connectivity index is 1.66. The molecule has 4 rings (SSSR count). The molecule has 0 unspecified atom stereocenters. The number of para-hydroxylation sites is 1. The summed E-state index contributed by atoms with van der Waals surface area (Å²) in [7, 11) is 1.18. The normalized spacial score (nSPS) is 15.2. The van der Waals surface area contributed by atoms with Crippen molar-refractivity contribution in [2.24, 2.45) is 4.99 Å². The van der Waals surface area contributed by atoms with E-state index in [0.29, 0.717) is 22.0 Å². The van der Waals surface area contributed by atoms with E-state index >= 15 is 0 Å². The van der Waals surface area contributed by atoms with Gasteiger partial charge in [0.05, 0.1) is 28.3 Å². The maximum absolute atomic E-state index is 13.2. The van der Waals surface area contributed by atoms with Crippen molar-refractivity contribution in [2.75, 3.05) is 17.3 Å². The highest BCUT2D eigenvalue weighted by molar-refractivity contribution is 8.19. The van der Waals surface area contributed by atoms with Crippen LogP contribution in [0.15, 0.2) is 88.8 Å². The van der Waals surface area contributed by atoms with E-state index in [1.54, 1.807) is 24.3 Å². The van der Waals surface area contributed by atoms with Crippen LogP contribution in [0.4, 0.5) is 11.4 Å². The number of esters is 1. The Morgan fingerprint density at radius 2 is 1.70 bits per heavy atom. The number of nitrogens with zero attached hydrogens (tertiary/aromatic N) is 2. The third-order valence-corrected chi connectivity index (χ3v) is 6.55. The molecule has 0 spiro atoms. The van der Waals surface area contributed by atoms with Crippen LogP contribution in [0.1, 0.15) is 20.7 Å². The fourth-order valence-corrected chi connectivity index (χ4v) is 4.67. The number of hydrogen-bond acceptors (Lipinski definition) is 6. The van der Waals surface area contributed by atoms with Gasteiger partial charge in [0.1, 0.15) is 0 Å². The van der Waals surface area contributed by atoms with Crippen molar-refractivity contribution in [3.63, 3.8) is 0 Å². The second kappa shape index (κ2) is 11.4. The molecule has 1 N–H and O–H groups in total. The molecule has 1 aliphatic heterocycles. The van der Waals surface area contributed by atoms with Gasteiger partial charge >= 0.3 is 5.97 Å². The Morgan fingerprint density at radius 3 is 2.35 bits per heavy atom. The maximum atomic E-state index is 13.2. The molecule has 0 bridgehead atoms. The summed E-state index contributed by atoms with van der Waals surface area (Å²) >= 11 is 12.9. The number of aliphatic imine (C=N–C) groups is 1. The van der Waals surface area contributed by atoms with Crippen molar-refractivity contribution in [3.8, 4) is 0 Å². The second-order valence-electron chi connectivity index (χ2n) is 7.47. The number of methoxy groups -OCH3 is 1. The van der Waals surface area contributed by atoms with Crippen molar-refractivity contribution in [1.82, 2.24) is 0 Å². The van der Waals surface area contributed by atoms with E-state index in [1.807, 2.05) is 6.07 Å². The van der Waals surface area contributed by atoms with Crippen LogP contribution in [0.25, 0.3) is 0 Å². The van der Waals surface area contributed by atoms with E-state index in [4.69, 9.17) is 23.2 Å². The zero-order valence-electron chi connectivity index (χ0n) is 19.1. The molecule has 3 aromatic carbocycles. The number of benzene rings is 3. The fourth-order valence-electron chi connectivity index (χ4n) is 3.24. The largest absolute Gasteiger partial charge is 0.466 e. The number of carbonyl (C=O) groups excluding carboxylic acids is 4. The average molecular weight is 554 g/mol. The van der Waals surface area contributed by atoms with Crippen LogP contribution in [0.3, 0.4) is 0 Å².